The molecule has 2 aromatic heterocycles. The molecular formula is C12H19N5S. The lowest BCUT2D eigenvalue weighted by molar-refractivity contribution is 0.359. The smallest absolute Gasteiger partial charge is 0.240 e. The molecule has 2 heterocycles. The molecule has 0 saturated heterocycles. The Labute approximate surface area is 111 Å². The highest BCUT2D eigenvalue weighted by Crippen LogP contribution is 2.29. The molecule has 98 valence electrons. The number of nitrogens with zero attached hydrogens (tertiary/aromatic N) is 2. The molecule has 0 aliphatic rings. The molecule has 1 atom stereocenters. The molecule has 2 aromatic rings. The van der Waals surface area contributed by atoms with E-state index < -0.39 is 0 Å². The molecule has 0 fully saturated rings. The Bertz CT molecular complexity index is 543. The van der Waals surface area contributed by atoms with Gasteiger partial charge in [-0.1, -0.05) is 20.8 Å². The number of thiophene rings is 1. The minimum atomic E-state index is 0.156. The summed E-state index contributed by atoms with van der Waals surface area (Å²) in [7, 11) is 0. The fourth-order valence-corrected chi connectivity index (χ4v) is 2.22. The van der Waals surface area contributed by atoms with E-state index in [0.29, 0.717) is 12.0 Å². The van der Waals surface area contributed by atoms with Crippen molar-refractivity contribution in [1.29, 1.82) is 0 Å². The van der Waals surface area contributed by atoms with Crippen LogP contribution >= 0.6 is 11.3 Å². The van der Waals surface area contributed by atoms with E-state index in [4.69, 9.17) is 5.84 Å². The van der Waals surface area contributed by atoms with Crippen LogP contribution in [0, 0.1) is 5.41 Å². The average Bonchev–Trinajstić information content (AvgIpc) is 2.75. The first kappa shape index (κ1) is 13.0. The molecule has 0 aliphatic carbocycles. The van der Waals surface area contributed by atoms with Crippen molar-refractivity contribution in [2.45, 2.75) is 33.7 Å². The van der Waals surface area contributed by atoms with Crippen LogP contribution in [0.2, 0.25) is 0 Å². The van der Waals surface area contributed by atoms with Crippen LogP contribution in [0.4, 0.5) is 11.8 Å². The Balaban J connectivity index is 2.40. The molecule has 18 heavy (non-hydrogen) atoms. The Kier molecular flexibility index (Phi) is 3.41. The van der Waals surface area contributed by atoms with Crippen molar-refractivity contribution in [3.63, 3.8) is 0 Å². The second-order valence-corrected chi connectivity index (χ2v) is 6.31. The molecule has 0 aromatic carbocycles. The van der Waals surface area contributed by atoms with Crippen LogP contribution < -0.4 is 16.6 Å². The first-order valence-corrected chi connectivity index (χ1v) is 6.78. The van der Waals surface area contributed by atoms with Crippen LogP contribution in [0.1, 0.15) is 27.7 Å². The predicted molar refractivity (Wildman–Crippen MR) is 77.8 cm³/mol. The quantitative estimate of drug-likeness (QED) is 0.587. The lowest BCUT2D eigenvalue weighted by Crippen LogP contribution is -2.31. The summed E-state index contributed by atoms with van der Waals surface area (Å²) in [5.41, 5.74) is 2.66. The number of hydrogen-bond acceptors (Lipinski definition) is 6. The molecule has 1 unspecified atom stereocenters. The van der Waals surface area contributed by atoms with Crippen LogP contribution in [0.25, 0.3) is 10.2 Å². The molecule has 0 bridgehead atoms. The maximum absolute atomic E-state index is 5.40. The van der Waals surface area contributed by atoms with Gasteiger partial charge in [0.1, 0.15) is 10.6 Å². The van der Waals surface area contributed by atoms with Gasteiger partial charge in [0.05, 0.1) is 5.39 Å². The lowest BCUT2D eigenvalue weighted by Gasteiger charge is -2.28. The van der Waals surface area contributed by atoms with E-state index in [2.05, 4.69) is 48.4 Å². The Morgan fingerprint density at radius 2 is 2.06 bits per heavy atom. The van der Waals surface area contributed by atoms with Crippen LogP contribution in [0.15, 0.2) is 11.4 Å². The number of nitrogen functional groups attached to an aromatic ring is 1. The van der Waals surface area contributed by atoms with Gasteiger partial charge in [0.2, 0.25) is 5.95 Å². The molecule has 0 radical (unpaired) electrons. The summed E-state index contributed by atoms with van der Waals surface area (Å²) in [4.78, 5) is 9.64. The van der Waals surface area contributed by atoms with Crippen LogP contribution in [0.5, 0.6) is 0 Å². The third-order valence-electron chi connectivity index (χ3n) is 3.11. The van der Waals surface area contributed by atoms with E-state index in [1.54, 1.807) is 11.3 Å². The monoisotopic (exact) mass is 265 g/mol. The van der Waals surface area contributed by atoms with Crippen molar-refractivity contribution in [3.8, 4) is 0 Å². The summed E-state index contributed by atoms with van der Waals surface area (Å²) in [6, 6.07) is 2.32. The summed E-state index contributed by atoms with van der Waals surface area (Å²) < 4.78 is 0. The topological polar surface area (TPSA) is 75.9 Å². The van der Waals surface area contributed by atoms with E-state index in [1.807, 2.05) is 11.4 Å². The molecule has 0 saturated carbocycles. The highest BCUT2D eigenvalue weighted by atomic mass is 32.1. The Morgan fingerprint density at radius 3 is 2.67 bits per heavy atom. The van der Waals surface area contributed by atoms with Gasteiger partial charge in [-0.2, -0.15) is 4.98 Å². The van der Waals surface area contributed by atoms with E-state index in [9.17, 15) is 0 Å². The van der Waals surface area contributed by atoms with Crippen molar-refractivity contribution in [2.24, 2.45) is 11.3 Å². The van der Waals surface area contributed by atoms with Gasteiger partial charge in [-0.3, -0.25) is 5.43 Å². The van der Waals surface area contributed by atoms with Crippen molar-refractivity contribution in [2.75, 3.05) is 10.7 Å². The van der Waals surface area contributed by atoms with Crippen molar-refractivity contribution in [3.05, 3.63) is 11.4 Å². The third kappa shape index (κ3) is 2.54. The molecule has 4 N–H and O–H groups in total. The number of nitrogens with one attached hydrogen (secondary N) is 2. The highest BCUT2D eigenvalue weighted by Gasteiger charge is 2.21. The number of hydrazine groups is 1. The zero-order chi connectivity index (χ0) is 13.3. The van der Waals surface area contributed by atoms with Crippen molar-refractivity contribution in [1.82, 2.24) is 9.97 Å². The molecule has 0 aliphatic heterocycles. The van der Waals surface area contributed by atoms with E-state index >= 15 is 0 Å². The fraction of sp³-hybridized carbons (Fsp3) is 0.500. The van der Waals surface area contributed by atoms with Gasteiger partial charge in [0.25, 0.3) is 0 Å². The molecular weight excluding hydrogens is 246 g/mol. The third-order valence-corrected chi connectivity index (χ3v) is 3.91. The first-order valence-electron chi connectivity index (χ1n) is 5.90. The van der Waals surface area contributed by atoms with Gasteiger partial charge in [0, 0.05) is 6.04 Å². The molecule has 6 heteroatoms. The number of rotatable bonds is 3. The summed E-state index contributed by atoms with van der Waals surface area (Å²) in [5, 5.41) is 6.49. The normalized spacial score (nSPS) is 13.6. The average molecular weight is 265 g/mol. The van der Waals surface area contributed by atoms with E-state index in [-0.39, 0.29) is 5.41 Å². The van der Waals surface area contributed by atoms with Gasteiger partial charge in [0.15, 0.2) is 0 Å². The standard InChI is InChI=1S/C12H19N5S/c1-7(12(2,3)4)14-9-8-5-6-18-10(8)16-11(15-9)17-13/h5-7H,13H2,1-4H3,(H2,14,15,16,17). The van der Waals surface area contributed by atoms with Gasteiger partial charge < -0.3 is 5.32 Å². The maximum atomic E-state index is 5.40. The molecule has 2 rings (SSSR count). The first-order chi connectivity index (χ1) is 8.41. The summed E-state index contributed by atoms with van der Waals surface area (Å²) in [6.45, 7) is 8.73. The second kappa shape index (κ2) is 4.70. The molecule has 5 nitrogen and oxygen atoms in total. The Hall–Kier alpha value is -1.40. The predicted octanol–water partition coefficient (Wildman–Crippen LogP) is 2.82. The van der Waals surface area contributed by atoms with Crippen LogP contribution in [-0.2, 0) is 0 Å². The highest BCUT2D eigenvalue weighted by molar-refractivity contribution is 7.16. The van der Waals surface area contributed by atoms with Gasteiger partial charge in [-0.15, -0.1) is 11.3 Å². The minimum absolute atomic E-state index is 0.156. The Morgan fingerprint density at radius 1 is 1.33 bits per heavy atom. The van der Waals surface area contributed by atoms with Crippen molar-refractivity contribution >= 4 is 33.3 Å². The largest absolute Gasteiger partial charge is 0.366 e. The van der Waals surface area contributed by atoms with Crippen LogP contribution in [-0.4, -0.2) is 16.0 Å². The molecule has 0 amide bonds. The SMILES string of the molecule is CC(Nc1nc(NN)nc2sccc12)C(C)(C)C. The molecule has 0 spiro atoms. The van der Waals surface area contributed by atoms with Crippen LogP contribution in [0.3, 0.4) is 0 Å². The van der Waals surface area contributed by atoms with Gasteiger partial charge in [-0.05, 0) is 23.8 Å². The number of hydrogen-bond donors (Lipinski definition) is 3. The van der Waals surface area contributed by atoms with E-state index in [0.717, 1.165) is 16.0 Å². The number of anilines is 2. The summed E-state index contributed by atoms with van der Waals surface area (Å²) >= 11 is 1.58. The number of fused-ring (bicyclic) bond motifs is 1. The number of aromatic nitrogens is 2. The number of nitrogens with two attached hydrogens (primary N) is 1. The fourth-order valence-electron chi connectivity index (χ4n) is 1.45. The zero-order valence-corrected chi connectivity index (χ0v) is 11.9. The van der Waals surface area contributed by atoms with Gasteiger partial charge in [-0.25, -0.2) is 10.8 Å². The second-order valence-electron chi connectivity index (χ2n) is 5.41. The van der Waals surface area contributed by atoms with E-state index in [1.165, 1.54) is 0 Å². The summed E-state index contributed by atoms with van der Waals surface area (Å²) in [5.74, 6) is 6.67. The summed E-state index contributed by atoms with van der Waals surface area (Å²) in [6.07, 6.45) is 0. The zero-order valence-electron chi connectivity index (χ0n) is 11.1. The maximum Gasteiger partial charge on any atom is 0.240 e. The lowest BCUT2D eigenvalue weighted by atomic mass is 9.88. The van der Waals surface area contributed by atoms with Crippen molar-refractivity contribution < 1.29 is 0 Å². The van der Waals surface area contributed by atoms with Gasteiger partial charge >= 0.3 is 0 Å². The minimum Gasteiger partial charge on any atom is -0.366 e.